The second-order valence-corrected chi connectivity index (χ2v) is 5.09. The van der Waals surface area contributed by atoms with Crippen molar-refractivity contribution in [1.29, 1.82) is 0 Å². The van der Waals surface area contributed by atoms with E-state index in [0.717, 1.165) is 10.6 Å². The molecule has 1 aromatic carbocycles. The molecule has 0 saturated heterocycles. The van der Waals surface area contributed by atoms with Gasteiger partial charge in [-0.15, -0.1) is 0 Å². The van der Waals surface area contributed by atoms with E-state index in [9.17, 15) is 0 Å². The van der Waals surface area contributed by atoms with E-state index in [1.165, 1.54) is 22.3 Å². The number of hydrogen-bond acceptors (Lipinski definition) is 4. The normalized spacial score (nSPS) is 10.5. The van der Waals surface area contributed by atoms with Crippen LogP contribution >= 0.6 is 11.8 Å². The van der Waals surface area contributed by atoms with Gasteiger partial charge in [0.25, 0.3) is 0 Å². The maximum atomic E-state index is 5.77. The van der Waals surface area contributed by atoms with Crippen LogP contribution in [-0.4, -0.2) is 9.97 Å². The molecule has 2 aromatic rings. The number of nitrogen functional groups attached to an aromatic ring is 1. The Morgan fingerprint density at radius 3 is 2.59 bits per heavy atom. The molecule has 0 aliphatic rings. The fourth-order valence-electron chi connectivity index (χ4n) is 1.57. The van der Waals surface area contributed by atoms with Gasteiger partial charge in [0, 0.05) is 10.5 Å². The molecule has 0 bridgehead atoms. The van der Waals surface area contributed by atoms with Crippen molar-refractivity contribution < 1.29 is 0 Å². The zero-order chi connectivity index (χ0) is 12.4. The second kappa shape index (κ2) is 4.75. The van der Waals surface area contributed by atoms with E-state index in [2.05, 4.69) is 42.0 Å². The molecule has 0 unspecified atom stereocenters. The number of anilines is 1. The summed E-state index contributed by atoms with van der Waals surface area (Å²) in [4.78, 5) is 9.45. The first kappa shape index (κ1) is 11.9. The molecule has 2 N–H and O–H groups in total. The van der Waals surface area contributed by atoms with E-state index in [4.69, 9.17) is 5.73 Å². The SMILES string of the molecule is Cc1ccc(Sc2ncnc(N)c2C)c(C)c1. The Kier molecular flexibility index (Phi) is 3.33. The third kappa shape index (κ3) is 2.58. The van der Waals surface area contributed by atoms with Crippen LogP contribution in [0.1, 0.15) is 16.7 Å². The van der Waals surface area contributed by atoms with Crippen LogP contribution in [0.3, 0.4) is 0 Å². The molecule has 0 spiro atoms. The van der Waals surface area contributed by atoms with Crippen LogP contribution in [0.15, 0.2) is 34.4 Å². The Labute approximate surface area is 105 Å². The summed E-state index contributed by atoms with van der Waals surface area (Å²) in [7, 11) is 0. The lowest BCUT2D eigenvalue weighted by atomic mass is 10.2. The van der Waals surface area contributed by atoms with Crippen LogP contribution in [0, 0.1) is 20.8 Å². The van der Waals surface area contributed by atoms with Gasteiger partial charge in [-0.05, 0) is 32.4 Å². The molecule has 0 atom stereocenters. The second-order valence-electron chi connectivity index (χ2n) is 4.06. The van der Waals surface area contributed by atoms with Crippen molar-refractivity contribution in [3.05, 3.63) is 41.2 Å². The summed E-state index contributed by atoms with van der Waals surface area (Å²) in [5, 5.41) is 0.921. The van der Waals surface area contributed by atoms with Crippen LogP contribution in [0.2, 0.25) is 0 Å². The minimum absolute atomic E-state index is 0.548. The number of rotatable bonds is 2. The van der Waals surface area contributed by atoms with E-state index >= 15 is 0 Å². The Balaban J connectivity index is 2.35. The average molecular weight is 245 g/mol. The zero-order valence-corrected chi connectivity index (χ0v) is 11.0. The fraction of sp³-hybridized carbons (Fsp3) is 0.231. The van der Waals surface area contributed by atoms with Crippen molar-refractivity contribution in [3.63, 3.8) is 0 Å². The highest BCUT2D eigenvalue weighted by Crippen LogP contribution is 2.32. The van der Waals surface area contributed by atoms with E-state index in [-0.39, 0.29) is 0 Å². The Morgan fingerprint density at radius 1 is 1.12 bits per heavy atom. The van der Waals surface area contributed by atoms with Gasteiger partial charge in [-0.2, -0.15) is 0 Å². The van der Waals surface area contributed by atoms with Gasteiger partial charge >= 0.3 is 0 Å². The summed E-state index contributed by atoms with van der Waals surface area (Å²) in [5.74, 6) is 0.548. The van der Waals surface area contributed by atoms with Gasteiger partial charge in [0.15, 0.2) is 0 Å². The number of benzene rings is 1. The Hall–Kier alpha value is -1.55. The van der Waals surface area contributed by atoms with Gasteiger partial charge in [0.05, 0.1) is 0 Å². The molecule has 1 heterocycles. The van der Waals surface area contributed by atoms with Crippen molar-refractivity contribution in [3.8, 4) is 0 Å². The molecular formula is C13H15N3S. The van der Waals surface area contributed by atoms with Crippen molar-refractivity contribution in [1.82, 2.24) is 9.97 Å². The monoisotopic (exact) mass is 245 g/mol. The largest absolute Gasteiger partial charge is 0.383 e. The van der Waals surface area contributed by atoms with Gasteiger partial charge in [-0.1, -0.05) is 29.5 Å². The maximum absolute atomic E-state index is 5.77. The van der Waals surface area contributed by atoms with Crippen molar-refractivity contribution in [2.45, 2.75) is 30.7 Å². The van der Waals surface area contributed by atoms with Crippen LogP contribution in [-0.2, 0) is 0 Å². The quantitative estimate of drug-likeness (QED) is 0.826. The molecule has 2 rings (SSSR count). The molecule has 0 saturated carbocycles. The standard InChI is InChI=1S/C13H15N3S/c1-8-4-5-11(9(2)6-8)17-13-10(3)12(14)15-7-16-13/h4-7H,1-3H3,(H2,14,15,16). The van der Waals surface area contributed by atoms with Crippen molar-refractivity contribution >= 4 is 17.6 Å². The molecule has 3 nitrogen and oxygen atoms in total. The highest BCUT2D eigenvalue weighted by Gasteiger charge is 2.07. The fourth-order valence-corrected chi connectivity index (χ4v) is 2.49. The smallest absolute Gasteiger partial charge is 0.130 e. The third-order valence-electron chi connectivity index (χ3n) is 2.61. The number of hydrogen-bond donors (Lipinski definition) is 1. The van der Waals surface area contributed by atoms with Crippen LogP contribution in [0.25, 0.3) is 0 Å². The maximum Gasteiger partial charge on any atom is 0.130 e. The zero-order valence-electron chi connectivity index (χ0n) is 10.2. The molecule has 0 fully saturated rings. The minimum atomic E-state index is 0.548. The summed E-state index contributed by atoms with van der Waals surface area (Å²) in [5.41, 5.74) is 9.24. The molecule has 0 aliphatic carbocycles. The first-order chi connectivity index (χ1) is 8.08. The minimum Gasteiger partial charge on any atom is -0.383 e. The molecule has 88 valence electrons. The van der Waals surface area contributed by atoms with E-state index in [1.807, 2.05) is 6.92 Å². The van der Waals surface area contributed by atoms with E-state index in [0.29, 0.717) is 5.82 Å². The number of nitrogens with two attached hydrogens (primary N) is 1. The van der Waals surface area contributed by atoms with Gasteiger partial charge in [-0.3, -0.25) is 0 Å². The highest BCUT2D eigenvalue weighted by atomic mass is 32.2. The predicted octanol–water partition coefficient (Wildman–Crippen LogP) is 3.14. The van der Waals surface area contributed by atoms with Crippen molar-refractivity contribution in [2.24, 2.45) is 0 Å². The summed E-state index contributed by atoms with van der Waals surface area (Å²) in [6, 6.07) is 6.39. The van der Waals surface area contributed by atoms with Crippen molar-refractivity contribution in [2.75, 3.05) is 5.73 Å². The first-order valence-electron chi connectivity index (χ1n) is 5.40. The van der Waals surface area contributed by atoms with Crippen LogP contribution in [0.5, 0.6) is 0 Å². The number of nitrogens with zero attached hydrogens (tertiary/aromatic N) is 2. The summed E-state index contributed by atoms with van der Waals surface area (Å²) < 4.78 is 0. The first-order valence-corrected chi connectivity index (χ1v) is 6.22. The van der Waals surface area contributed by atoms with Gasteiger partial charge in [0.2, 0.25) is 0 Å². The summed E-state index contributed by atoms with van der Waals surface area (Å²) >= 11 is 1.63. The molecule has 4 heteroatoms. The van der Waals surface area contributed by atoms with Crippen LogP contribution in [0.4, 0.5) is 5.82 Å². The average Bonchev–Trinajstić information content (AvgIpc) is 2.28. The third-order valence-corrected chi connectivity index (χ3v) is 3.90. The highest BCUT2D eigenvalue weighted by molar-refractivity contribution is 7.99. The Morgan fingerprint density at radius 2 is 1.88 bits per heavy atom. The van der Waals surface area contributed by atoms with Gasteiger partial charge in [0.1, 0.15) is 17.2 Å². The molecular weight excluding hydrogens is 230 g/mol. The van der Waals surface area contributed by atoms with Gasteiger partial charge < -0.3 is 5.73 Å². The van der Waals surface area contributed by atoms with E-state index < -0.39 is 0 Å². The molecule has 0 radical (unpaired) electrons. The predicted molar refractivity (Wildman–Crippen MR) is 71.2 cm³/mol. The molecule has 17 heavy (non-hydrogen) atoms. The summed E-state index contributed by atoms with van der Waals surface area (Å²) in [6.45, 7) is 6.14. The summed E-state index contributed by atoms with van der Waals surface area (Å²) in [6.07, 6.45) is 1.51. The molecule has 0 amide bonds. The number of aromatic nitrogens is 2. The molecule has 0 aliphatic heterocycles. The number of aryl methyl sites for hydroxylation is 2. The molecule has 1 aromatic heterocycles. The van der Waals surface area contributed by atoms with Gasteiger partial charge in [-0.25, -0.2) is 9.97 Å². The van der Waals surface area contributed by atoms with E-state index in [1.54, 1.807) is 11.8 Å². The lowest BCUT2D eigenvalue weighted by Crippen LogP contribution is -1.97. The lowest BCUT2D eigenvalue weighted by Gasteiger charge is -2.08. The Bertz CT molecular complexity index is 552. The lowest BCUT2D eigenvalue weighted by molar-refractivity contribution is 1.01. The van der Waals surface area contributed by atoms with Crippen LogP contribution < -0.4 is 5.73 Å². The topological polar surface area (TPSA) is 51.8 Å².